The summed E-state index contributed by atoms with van der Waals surface area (Å²) in [6, 6.07) is 10.2. The molecule has 0 spiro atoms. The van der Waals surface area contributed by atoms with E-state index in [0.29, 0.717) is 35.2 Å². The molecule has 0 bridgehead atoms. The second-order valence-corrected chi connectivity index (χ2v) is 7.41. The second kappa shape index (κ2) is 13.0. The number of ether oxygens (including phenoxy) is 3. The maximum atomic E-state index is 12.5. The van der Waals surface area contributed by atoms with Gasteiger partial charge in [-0.15, -0.1) is 0 Å². The Hall–Kier alpha value is -3.79. The number of nitrogens with one attached hydrogen (secondary N) is 3. The zero-order chi connectivity index (χ0) is 25.1. The first kappa shape index (κ1) is 26.5. The second-order valence-electron chi connectivity index (χ2n) is 7.41. The fraction of sp³-hybridized carbons (Fsp3) is 0.375. The monoisotopic (exact) mass is 472 g/mol. The smallest absolute Gasteiger partial charge is 0.238 e. The summed E-state index contributed by atoms with van der Waals surface area (Å²) < 4.78 is 16.0. The highest BCUT2D eigenvalue weighted by atomic mass is 16.5. The summed E-state index contributed by atoms with van der Waals surface area (Å²) >= 11 is 0. The van der Waals surface area contributed by atoms with E-state index in [4.69, 9.17) is 14.2 Å². The third-order valence-electron chi connectivity index (χ3n) is 4.93. The molecule has 2 aromatic rings. The highest BCUT2D eigenvalue weighted by Crippen LogP contribution is 2.34. The van der Waals surface area contributed by atoms with Crippen molar-refractivity contribution >= 4 is 29.1 Å². The molecule has 3 amide bonds. The van der Waals surface area contributed by atoms with E-state index >= 15 is 0 Å². The van der Waals surface area contributed by atoms with Gasteiger partial charge in [-0.3, -0.25) is 19.3 Å². The Labute approximate surface area is 199 Å². The van der Waals surface area contributed by atoms with Crippen LogP contribution in [0.4, 0.5) is 11.4 Å². The van der Waals surface area contributed by atoms with Crippen molar-refractivity contribution in [1.29, 1.82) is 0 Å². The van der Waals surface area contributed by atoms with Crippen LogP contribution in [0.25, 0.3) is 0 Å². The van der Waals surface area contributed by atoms with Crippen LogP contribution < -0.4 is 30.2 Å². The number of hydrogen-bond donors (Lipinski definition) is 3. The summed E-state index contributed by atoms with van der Waals surface area (Å²) in [6.45, 7) is 4.16. The Balaban J connectivity index is 1.90. The topological polar surface area (TPSA) is 118 Å². The summed E-state index contributed by atoms with van der Waals surface area (Å²) in [5, 5.41) is 8.30. The van der Waals surface area contributed by atoms with Gasteiger partial charge in [0.25, 0.3) is 0 Å². The fourth-order valence-corrected chi connectivity index (χ4v) is 3.21. The van der Waals surface area contributed by atoms with Crippen molar-refractivity contribution in [3.05, 3.63) is 42.0 Å². The first-order valence-corrected chi connectivity index (χ1v) is 10.7. The van der Waals surface area contributed by atoms with E-state index in [1.165, 1.54) is 28.3 Å². The Bertz CT molecular complexity index is 994. The van der Waals surface area contributed by atoms with Crippen molar-refractivity contribution in [2.45, 2.75) is 20.4 Å². The molecular weight excluding hydrogens is 440 g/mol. The molecule has 0 aliphatic rings. The lowest BCUT2D eigenvalue weighted by Crippen LogP contribution is -2.40. The minimum Gasteiger partial charge on any atom is -0.496 e. The zero-order valence-corrected chi connectivity index (χ0v) is 20.2. The van der Waals surface area contributed by atoms with Gasteiger partial charge in [0.2, 0.25) is 17.7 Å². The van der Waals surface area contributed by atoms with Gasteiger partial charge in [0.15, 0.2) is 11.5 Å². The minimum absolute atomic E-state index is 0.0526. The van der Waals surface area contributed by atoms with Crippen LogP contribution in [0.15, 0.2) is 36.4 Å². The normalized spacial score (nSPS) is 10.4. The molecular formula is C24H32N4O6. The number of carbonyl (C=O) groups is 3. The Morgan fingerprint density at radius 2 is 1.32 bits per heavy atom. The third kappa shape index (κ3) is 7.96. The molecule has 0 aliphatic carbocycles. The number of nitrogens with zero attached hydrogens (tertiary/aromatic N) is 1. The van der Waals surface area contributed by atoms with Gasteiger partial charge in [-0.25, -0.2) is 0 Å². The molecule has 2 aromatic carbocycles. The van der Waals surface area contributed by atoms with E-state index in [9.17, 15) is 14.4 Å². The molecule has 10 nitrogen and oxygen atoms in total. The number of methoxy groups -OCH3 is 3. The van der Waals surface area contributed by atoms with Gasteiger partial charge in [0.1, 0.15) is 5.75 Å². The van der Waals surface area contributed by atoms with Crippen LogP contribution in [0, 0.1) is 0 Å². The van der Waals surface area contributed by atoms with Gasteiger partial charge in [-0.1, -0.05) is 6.92 Å². The molecule has 0 radical (unpaired) electrons. The van der Waals surface area contributed by atoms with Crippen molar-refractivity contribution in [2.75, 3.05) is 51.6 Å². The summed E-state index contributed by atoms with van der Waals surface area (Å²) in [5.74, 6) is 0.980. The molecule has 3 N–H and O–H groups in total. The Morgan fingerprint density at radius 3 is 1.85 bits per heavy atom. The van der Waals surface area contributed by atoms with Gasteiger partial charge < -0.3 is 30.2 Å². The van der Waals surface area contributed by atoms with E-state index in [2.05, 4.69) is 16.0 Å². The van der Waals surface area contributed by atoms with Crippen LogP contribution >= 0.6 is 0 Å². The van der Waals surface area contributed by atoms with Gasteiger partial charge in [-0.2, -0.15) is 0 Å². The predicted molar refractivity (Wildman–Crippen MR) is 129 cm³/mol. The first-order valence-electron chi connectivity index (χ1n) is 10.7. The van der Waals surface area contributed by atoms with E-state index in [0.717, 1.165) is 5.56 Å². The molecule has 2 rings (SSSR count). The lowest BCUT2D eigenvalue weighted by atomic mass is 10.1. The van der Waals surface area contributed by atoms with Crippen LogP contribution in [0.3, 0.4) is 0 Å². The lowest BCUT2D eigenvalue weighted by Gasteiger charge is -2.20. The number of benzene rings is 2. The van der Waals surface area contributed by atoms with Gasteiger partial charge >= 0.3 is 0 Å². The van der Waals surface area contributed by atoms with Crippen molar-refractivity contribution in [2.24, 2.45) is 0 Å². The molecule has 34 heavy (non-hydrogen) atoms. The maximum absolute atomic E-state index is 12.5. The summed E-state index contributed by atoms with van der Waals surface area (Å²) in [5.41, 5.74) is 1.97. The quantitative estimate of drug-likeness (QED) is 0.434. The molecule has 0 aromatic heterocycles. The zero-order valence-electron chi connectivity index (χ0n) is 20.2. The van der Waals surface area contributed by atoms with Crippen molar-refractivity contribution in [3.63, 3.8) is 0 Å². The predicted octanol–water partition coefficient (Wildman–Crippen LogP) is 2.25. The molecule has 184 valence electrons. The van der Waals surface area contributed by atoms with E-state index < -0.39 is 0 Å². The number of anilines is 2. The molecule has 10 heteroatoms. The molecule has 0 unspecified atom stereocenters. The number of hydrogen-bond acceptors (Lipinski definition) is 7. The van der Waals surface area contributed by atoms with E-state index in [-0.39, 0.29) is 37.4 Å². The van der Waals surface area contributed by atoms with Crippen molar-refractivity contribution < 1.29 is 28.6 Å². The number of amides is 3. The Kier molecular flexibility index (Phi) is 10.2. The molecule has 0 heterocycles. The standard InChI is InChI=1S/C24H32N4O6/c1-6-28(15-24(31)27-19-9-7-18(8-10-19)26-16(2)29)14-23(30)25-13-17-11-21(33-4)22(34-5)12-20(17)32-3/h7-12H,6,13-15H2,1-5H3,(H,25,30)(H,26,29)(H,27,31). The summed E-state index contributed by atoms with van der Waals surface area (Å²) in [7, 11) is 4.61. The molecule has 0 saturated heterocycles. The SMILES string of the molecule is CCN(CC(=O)NCc1cc(OC)c(OC)cc1OC)CC(=O)Nc1ccc(NC(C)=O)cc1. The lowest BCUT2D eigenvalue weighted by molar-refractivity contribution is -0.123. The van der Waals surface area contributed by atoms with E-state index in [1.807, 2.05) is 6.92 Å². The van der Waals surface area contributed by atoms with Crippen LogP contribution in [-0.4, -0.2) is 63.6 Å². The number of rotatable bonds is 12. The maximum Gasteiger partial charge on any atom is 0.238 e. The average molecular weight is 473 g/mol. The molecule has 0 atom stereocenters. The Morgan fingerprint density at radius 1 is 0.794 bits per heavy atom. The van der Waals surface area contributed by atoms with Crippen LogP contribution in [0.5, 0.6) is 17.2 Å². The number of carbonyl (C=O) groups excluding carboxylic acids is 3. The highest BCUT2D eigenvalue weighted by Gasteiger charge is 2.16. The van der Waals surface area contributed by atoms with E-state index in [1.54, 1.807) is 41.3 Å². The van der Waals surface area contributed by atoms with Crippen molar-refractivity contribution in [1.82, 2.24) is 10.2 Å². The molecule has 0 aliphatic heterocycles. The molecule has 0 saturated carbocycles. The van der Waals surface area contributed by atoms with Gasteiger partial charge in [0, 0.05) is 36.5 Å². The summed E-state index contributed by atoms with van der Waals surface area (Å²) in [6.07, 6.45) is 0. The summed E-state index contributed by atoms with van der Waals surface area (Å²) in [4.78, 5) is 37.8. The third-order valence-corrected chi connectivity index (χ3v) is 4.93. The first-order chi connectivity index (χ1) is 16.3. The van der Waals surface area contributed by atoms with Crippen LogP contribution in [0.1, 0.15) is 19.4 Å². The van der Waals surface area contributed by atoms with Crippen LogP contribution in [0.2, 0.25) is 0 Å². The minimum atomic E-state index is -0.247. The van der Waals surface area contributed by atoms with Crippen LogP contribution in [-0.2, 0) is 20.9 Å². The highest BCUT2D eigenvalue weighted by molar-refractivity contribution is 5.93. The number of likely N-dealkylation sites (N-methyl/N-ethyl adjacent to an activating group) is 1. The largest absolute Gasteiger partial charge is 0.496 e. The van der Waals surface area contributed by atoms with Gasteiger partial charge in [0.05, 0.1) is 34.4 Å². The average Bonchev–Trinajstić information content (AvgIpc) is 2.82. The fourth-order valence-electron chi connectivity index (χ4n) is 3.21. The van der Waals surface area contributed by atoms with Gasteiger partial charge in [-0.05, 0) is 36.9 Å². The molecule has 0 fully saturated rings. The van der Waals surface area contributed by atoms with Crippen molar-refractivity contribution in [3.8, 4) is 17.2 Å².